The molecule has 186 valence electrons. The third kappa shape index (κ3) is 2.75. The van der Waals surface area contributed by atoms with E-state index in [1.807, 2.05) is 0 Å². The second-order valence-electron chi connectivity index (χ2n) is 14.7. The van der Waals surface area contributed by atoms with Gasteiger partial charge in [-0.3, -0.25) is 9.59 Å². The van der Waals surface area contributed by atoms with Gasteiger partial charge in [-0.05, 0) is 122 Å². The normalized spacial score (nSPS) is 58.5. The zero-order chi connectivity index (χ0) is 24.2. The highest BCUT2D eigenvalue weighted by atomic mass is 16.4. The lowest BCUT2D eigenvalue weighted by Gasteiger charge is -2.73. The highest BCUT2D eigenvalue weighted by Crippen LogP contribution is 2.76. The van der Waals surface area contributed by atoms with Crippen LogP contribution >= 0.6 is 0 Å². The Morgan fingerprint density at radius 2 is 1.52 bits per heavy atom. The number of carbonyl (C=O) groups is 2. The van der Waals surface area contributed by atoms with Gasteiger partial charge in [-0.2, -0.15) is 0 Å². The molecule has 5 rings (SSSR count). The number of carboxylic acid groups (broad SMARTS) is 1. The first-order valence-corrected chi connectivity index (χ1v) is 14.0. The lowest BCUT2D eigenvalue weighted by atomic mass is 9.31. The van der Waals surface area contributed by atoms with Gasteiger partial charge in [-0.1, -0.05) is 41.5 Å². The molecule has 0 aromatic rings. The van der Waals surface area contributed by atoms with Crippen LogP contribution in [0.2, 0.25) is 0 Å². The second-order valence-corrected chi connectivity index (χ2v) is 14.7. The van der Waals surface area contributed by atoms with E-state index >= 15 is 0 Å². The Balaban J connectivity index is 1.55. The number of ketones is 1. The van der Waals surface area contributed by atoms with Gasteiger partial charge < -0.3 is 5.11 Å². The summed E-state index contributed by atoms with van der Waals surface area (Å²) in [5.74, 6) is 2.81. The summed E-state index contributed by atoms with van der Waals surface area (Å²) in [5.41, 5.74) is -0.193. The van der Waals surface area contributed by atoms with Crippen molar-refractivity contribution in [1.29, 1.82) is 0 Å². The minimum absolute atomic E-state index is 0.0237. The molecule has 0 aromatic heterocycles. The topological polar surface area (TPSA) is 54.4 Å². The number of Topliss-reactive ketones (excluding diaryl/α,β-unsaturated/α-hetero) is 1. The molecular weight excluding hydrogens is 408 g/mol. The van der Waals surface area contributed by atoms with E-state index in [2.05, 4.69) is 41.5 Å². The van der Waals surface area contributed by atoms with Crippen molar-refractivity contribution in [1.82, 2.24) is 0 Å². The summed E-state index contributed by atoms with van der Waals surface area (Å²) in [4.78, 5) is 25.4. The van der Waals surface area contributed by atoms with Crippen LogP contribution in [0.15, 0.2) is 0 Å². The number of carbonyl (C=O) groups excluding carboxylic acids is 1. The molecule has 33 heavy (non-hydrogen) atoms. The van der Waals surface area contributed by atoms with E-state index in [1.54, 1.807) is 6.92 Å². The maximum absolute atomic E-state index is 13.0. The van der Waals surface area contributed by atoms with E-state index in [4.69, 9.17) is 0 Å². The zero-order valence-corrected chi connectivity index (χ0v) is 22.3. The Labute approximate surface area is 201 Å². The van der Waals surface area contributed by atoms with Crippen molar-refractivity contribution >= 4 is 11.8 Å². The minimum atomic E-state index is -1.20. The Kier molecular flexibility index (Phi) is 5.13. The predicted molar refractivity (Wildman–Crippen MR) is 132 cm³/mol. The molecule has 5 saturated carbocycles. The molecule has 0 radical (unpaired) electrons. The van der Waals surface area contributed by atoms with E-state index in [0.29, 0.717) is 23.2 Å². The molecule has 0 aromatic carbocycles. The third-order valence-electron chi connectivity index (χ3n) is 13.9. The van der Waals surface area contributed by atoms with Gasteiger partial charge in [0, 0.05) is 6.42 Å². The molecule has 5 aliphatic rings. The van der Waals surface area contributed by atoms with Gasteiger partial charge in [0.15, 0.2) is 0 Å². The van der Waals surface area contributed by atoms with Crippen molar-refractivity contribution in [3.63, 3.8) is 0 Å². The highest BCUT2D eigenvalue weighted by molar-refractivity contribution is 6.03. The standard InChI is InChI=1S/C30H48O3/c1-18-10-13-26(3)16-17-28(5)20(24(26)19(18)2)8-9-21-27(4)14-12-23(31)30(7,25(32)33)22(27)11-15-29(21,28)6/h18-22,24H,8-17H2,1-7H3,(H,32,33)/t18-,19+,20-,21-,22+,24-,26-,27-,28-,29-,30+/m1/s1. The van der Waals surface area contributed by atoms with Crippen LogP contribution in [-0.2, 0) is 9.59 Å². The van der Waals surface area contributed by atoms with Crippen molar-refractivity contribution < 1.29 is 14.7 Å². The molecule has 0 heterocycles. The molecule has 0 spiro atoms. The van der Waals surface area contributed by atoms with Crippen LogP contribution < -0.4 is 0 Å². The predicted octanol–water partition coefficient (Wildman–Crippen LogP) is 7.38. The molecule has 3 nitrogen and oxygen atoms in total. The number of carboxylic acids is 1. The first kappa shape index (κ1) is 23.9. The van der Waals surface area contributed by atoms with Gasteiger partial charge in [0.2, 0.25) is 0 Å². The number of rotatable bonds is 1. The first-order valence-electron chi connectivity index (χ1n) is 14.0. The molecule has 11 atom stereocenters. The molecule has 0 saturated heterocycles. The van der Waals surface area contributed by atoms with Gasteiger partial charge in [-0.25, -0.2) is 0 Å². The zero-order valence-electron chi connectivity index (χ0n) is 22.3. The quantitative estimate of drug-likeness (QED) is 0.419. The van der Waals surface area contributed by atoms with Crippen LogP contribution in [0.4, 0.5) is 0 Å². The fourth-order valence-corrected chi connectivity index (χ4v) is 11.5. The van der Waals surface area contributed by atoms with Crippen LogP contribution in [-0.4, -0.2) is 16.9 Å². The number of aliphatic carboxylic acids is 1. The van der Waals surface area contributed by atoms with E-state index < -0.39 is 11.4 Å². The summed E-state index contributed by atoms with van der Waals surface area (Å²) in [6, 6.07) is 0. The summed E-state index contributed by atoms with van der Waals surface area (Å²) >= 11 is 0. The molecule has 0 bridgehead atoms. The maximum atomic E-state index is 13.0. The maximum Gasteiger partial charge on any atom is 0.317 e. The Morgan fingerprint density at radius 3 is 2.18 bits per heavy atom. The number of hydrogen-bond acceptors (Lipinski definition) is 2. The van der Waals surface area contributed by atoms with Gasteiger partial charge in [0.25, 0.3) is 0 Å². The van der Waals surface area contributed by atoms with Gasteiger partial charge in [0.05, 0.1) is 0 Å². The van der Waals surface area contributed by atoms with E-state index in [-0.39, 0.29) is 22.5 Å². The van der Waals surface area contributed by atoms with E-state index in [0.717, 1.165) is 42.9 Å². The van der Waals surface area contributed by atoms with Crippen LogP contribution in [0, 0.1) is 62.6 Å². The second kappa shape index (κ2) is 7.10. The summed E-state index contributed by atoms with van der Waals surface area (Å²) in [7, 11) is 0. The number of fused-ring (bicyclic) bond motifs is 7. The molecule has 0 amide bonds. The summed E-state index contributed by atoms with van der Waals surface area (Å²) in [6.45, 7) is 17.0. The Bertz CT molecular complexity index is 865. The van der Waals surface area contributed by atoms with Crippen molar-refractivity contribution in [3.8, 4) is 0 Å². The lowest BCUT2D eigenvalue weighted by molar-refractivity contribution is -0.246. The largest absolute Gasteiger partial charge is 0.480 e. The van der Waals surface area contributed by atoms with Gasteiger partial charge in [-0.15, -0.1) is 0 Å². The van der Waals surface area contributed by atoms with E-state index in [9.17, 15) is 14.7 Å². The molecular formula is C30H48O3. The first-order chi connectivity index (χ1) is 15.3. The molecule has 5 aliphatic carbocycles. The number of hydrogen-bond donors (Lipinski definition) is 1. The molecule has 1 N–H and O–H groups in total. The smallest absolute Gasteiger partial charge is 0.317 e. The highest BCUT2D eigenvalue weighted by Gasteiger charge is 2.71. The Morgan fingerprint density at radius 1 is 0.818 bits per heavy atom. The SMILES string of the molecule is C[C@@H]1[C@@H]2[C@H]3CC[C@@H]4[C@@]5(C)CCC(=O)[C@@](C)(C(=O)O)[C@H]5CC[C@@]4(C)[C@]3(C)CC[C@@]2(C)CC[C@H]1C. The lowest BCUT2D eigenvalue weighted by Crippen LogP contribution is -2.68. The van der Waals surface area contributed by atoms with Crippen LogP contribution in [0.5, 0.6) is 0 Å². The van der Waals surface area contributed by atoms with E-state index in [1.165, 1.54) is 38.5 Å². The average Bonchev–Trinajstić information content (AvgIpc) is 2.75. The molecule has 5 fully saturated rings. The third-order valence-corrected chi connectivity index (χ3v) is 13.9. The summed E-state index contributed by atoms with van der Waals surface area (Å²) < 4.78 is 0. The Hall–Kier alpha value is -0.860. The summed E-state index contributed by atoms with van der Waals surface area (Å²) in [5, 5.41) is 10.2. The fraction of sp³-hybridized carbons (Fsp3) is 0.933. The monoisotopic (exact) mass is 456 g/mol. The average molecular weight is 457 g/mol. The van der Waals surface area contributed by atoms with Crippen LogP contribution in [0.1, 0.15) is 113 Å². The molecule has 3 heteroatoms. The van der Waals surface area contributed by atoms with Crippen molar-refractivity contribution in [3.05, 3.63) is 0 Å². The van der Waals surface area contributed by atoms with Crippen LogP contribution in [0.25, 0.3) is 0 Å². The minimum Gasteiger partial charge on any atom is -0.480 e. The van der Waals surface area contributed by atoms with Crippen molar-refractivity contribution in [2.45, 2.75) is 113 Å². The summed E-state index contributed by atoms with van der Waals surface area (Å²) in [6.07, 6.45) is 11.3. The molecule has 0 aliphatic heterocycles. The fourth-order valence-electron chi connectivity index (χ4n) is 11.5. The van der Waals surface area contributed by atoms with Gasteiger partial charge in [0.1, 0.15) is 11.2 Å². The van der Waals surface area contributed by atoms with Crippen LogP contribution in [0.3, 0.4) is 0 Å². The van der Waals surface area contributed by atoms with Crippen molar-refractivity contribution in [2.24, 2.45) is 62.6 Å². The van der Waals surface area contributed by atoms with Crippen molar-refractivity contribution in [2.75, 3.05) is 0 Å². The molecule has 0 unspecified atom stereocenters. The van der Waals surface area contributed by atoms with Gasteiger partial charge >= 0.3 is 5.97 Å².